The van der Waals surface area contributed by atoms with Gasteiger partial charge in [-0.25, -0.2) is 5.43 Å². The summed E-state index contributed by atoms with van der Waals surface area (Å²) in [6.45, 7) is 0. The molecule has 20 heavy (non-hydrogen) atoms. The van der Waals surface area contributed by atoms with Crippen LogP contribution in [0.3, 0.4) is 0 Å². The van der Waals surface area contributed by atoms with Crippen molar-refractivity contribution in [2.75, 3.05) is 7.11 Å². The lowest BCUT2D eigenvalue weighted by molar-refractivity contribution is 0.0952. The third kappa shape index (κ3) is 3.80. The fraction of sp³-hybridized carbons (Fsp3) is 0.0667. The minimum atomic E-state index is -0.302. The molecule has 2 rings (SSSR count). The summed E-state index contributed by atoms with van der Waals surface area (Å²) in [5, 5.41) is 3.95. The topological polar surface area (TPSA) is 50.7 Å². The number of nitrogens with zero attached hydrogens (tertiary/aromatic N) is 1. The van der Waals surface area contributed by atoms with E-state index in [2.05, 4.69) is 33.1 Å². The van der Waals surface area contributed by atoms with E-state index in [1.165, 1.54) is 7.11 Å². The lowest BCUT2D eigenvalue weighted by atomic mass is 10.2. The second-order valence-electron chi connectivity index (χ2n) is 3.95. The molecule has 0 atom stereocenters. The zero-order valence-electron chi connectivity index (χ0n) is 10.8. The monoisotopic (exact) mass is 380 g/mol. The predicted molar refractivity (Wildman–Crippen MR) is 87.2 cm³/mol. The van der Waals surface area contributed by atoms with Gasteiger partial charge in [-0.05, 0) is 52.4 Å². The Morgan fingerprint density at radius 3 is 2.80 bits per heavy atom. The van der Waals surface area contributed by atoms with Crippen LogP contribution in [0.2, 0.25) is 0 Å². The number of methoxy groups -OCH3 is 1. The SMILES string of the molecule is COc1ccccc1C(=O)N/N=C\c1cccc(I)c1. The van der Waals surface area contributed by atoms with Gasteiger partial charge in [-0.15, -0.1) is 0 Å². The molecule has 5 heteroatoms. The maximum absolute atomic E-state index is 12.0. The van der Waals surface area contributed by atoms with Gasteiger partial charge in [-0.1, -0.05) is 24.3 Å². The number of hydrogen-bond acceptors (Lipinski definition) is 3. The first kappa shape index (κ1) is 14.5. The van der Waals surface area contributed by atoms with E-state index in [1.807, 2.05) is 30.3 Å². The normalized spacial score (nSPS) is 10.5. The number of nitrogens with one attached hydrogen (secondary N) is 1. The van der Waals surface area contributed by atoms with E-state index in [9.17, 15) is 4.79 Å². The van der Waals surface area contributed by atoms with Gasteiger partial charge < -0.3 is 4.74 Å². The molecule has 0 aliphatic carbocycles. The number of hydrazone groups is 1. The molecule has 0 heterocycles. The molecule has 0 spiro atoms. The number of amides is 1. The highest BCUT2D eigenvalue weighted by Gasteiger charge is 2.09. The fourth-order valence-electron chi connectivity index (χ4n) is 1.64. The molecule has 4 nitrogen and oxygen atoms in total. The fourth-order valence-corrected chi connectivity index (χ4v) is 2.21. The molecule has 0 saturated heterocycles. The minimum Gasteiger partial charge on any atom is -0.496 e. The van der Waals surface area contributed by atoms with Crippen LogP contribution in [-0.4, -0.2) is 19.2 Å². The standard InChI is InChI=1S/C15H13IN2O2/c1-20-14-8-3-2-7-13(14)15(19)18-17-10-11-5-4-6-12(16)9-11/h2-10H,1H3,(H,18,19)/b17-10-. The van der Waals surface area contributed by atoms with Crippen molar-refractivity contribution in [3.8, 4) is 5.75 Å². The number of rotatable bonds is 4. The number of para-hydroxylation sites is 1. The van der Waals surface area contributed by atoms with Crippen LogP contribution in [0.15, 0.2) is 53.6 Å². The van der Waals surface area contributed by atoms with Gasteiger partial charge >= 0.3 is 0 Å². The van der Waals surface area contributed by atoms with Gasteiger partial charge in [0.05, 0.1) is 18.9 Å². The summed E-state index contributed by atoms with van der Waals surface area (Å²) in [6.07, 6.45) is 1.61. The highest BCUT2D eigenvalue weighted by atomic mass is 127. The highest BCUT2D eigenvalue weighted by Crippen LogP contribution is 2.16. The van der Waals surface area contributed by atoms with E-state index in [1.54, 1.807) is 24.4 Å². The third-order valence-electron chi connectivity index (χ3n) is 2.58. The maximum Gasteiger partial charge on any atom is 0.275 e. The van der Waals surface area contributed by atoms with Gasteiger partial charge in [0.15, 0.2) is 0 Å². The molecular weight excluding hydrogens is 367 g/mol. The van der Waals surface area contributed by atoms with Crippen LogP contribution in [0.1, 0.15) is 15.9 Å². The molecule has 0 fully saturated rings. The summed E-state index contributed by atoms with van der Waals surface area (Å²) in [7, 11) is 1.53. The summed E-state index contributed by atoms with van der Waals surface area (Å²) in [6, 6.07) is 14.8. The van der Waals surface area contributed by atoms with Gasteiger partial charge in [-0.2, -0.15) is 5.10 Å². The molecule has 0 aliphatic heterocycles. The third-order valence-corrected chi connectivity index (χ3v) is 3.25. The summed E-state index contributed by atoms with van der Waals surface area (Å²) >= 11 is 2.22. The lowest BCUT2D eigenvalue weighted by Crippen LogP contribution is -2.18. The number of ether oxygens (including phenoxy) is 1. The first-order chi connectivity index (χ1) is 9.70. The average Bonchev–Trinajstić information content (AvgIpc) is 2.47. The molecule has 0 radical (unpaired) electrons. The molecule has 0 bridgehead atoms. The first-order valence-corrected chi connectivity index (χ1v) is 7.00. The van der Waals surface area contributed by atoms with Crippen LogP contribution in [0.4, 0.5) is 0 Å². The van der Waals surface area contributed by atoms with E-state index >= 15 is 0 Å². The van der Waals surface area contributed by atoms with Crippen molar-refractivity contribution in [2.24, 2.45) is 5.10 Å². The zero-order chi connectivity index (χ0) is 14.4. The first-order valence-electron chi connectivity index (χ1n) is 5.92. The van der Waals surface area contributed by atoms with Crippen molar-refractivity contribution >= 4 is 34.7 Å². The number of benzene rings is 2. The summed E-state index contributed by atoms with van der Waals surface area (Å²) in [5.74, 6) is 0.221. The largest absolute Gasteiger partial charge is 0.496 e. The van der Waals surface area contributed by atoms with E-state index < -0.39 is 0 Å². The molecule has 1 amide bonds. The average molecular weight is 380 g/mol. The maximum atomic E-state index is 12.0. The van der Waals surface area contributed by atoms with Gasteiger partial charge in [0.1, 0.15) is 5.75 Å². The van der Waals surface area contributed by atoms with Crippen LogP contribution >= 0.6 is 22.6 Å². The Balaban J connectivity index is 2.05. The van der Waals surface area contributed by atoms with Crippen molar-refractivity contribution in [1.82, 2.24) is 5.43 Å². The second-order valence-corrected chi connectivity index (χ2v) is 5.20. The molecule has 1 N–H and O–H groups in total. The van der Waals surface area contributed by atoms with E-state index in [4.69, 9.17) is 4.74 Å². The minimum absolute atomic E-state index is 0.302. The van der Waals surface area contributed by atoms with Gasteiger partial charge in [0.25, 0.3) is 5.91 Å². The number of carbonyl (C=O) groups is 1. The summed E-state index contributed by atoms with van der Waals surface area (Å²) in [5.41, 5.74) is 3.87. The van der Waals surface area contributed by atoms with Crippen LogP contribution in [0.25, 0.3) is 0 Å². The molecule has 102 valence electrons. The molecule has 0 aromatic heterocycles. The van der Waals surface area contributed by atoms with E-state index in [0.717, 1.165) is 9.13 Å². The smallest absolute Gasteiger partial charge is 0.275 e. The van der Waals surface area contributed by atoms with Gasteiger partial charge in [-0.3, -0.25) is 4.79 Å². The van der Waals surface area contributed by atoms with Crippen LogP contribution in [0.5, 0.6) is 5.75 Å². The van der Waals surface area contributed by atoms with Crippen LogP contribution in [0, 0.1) is 3.57 Å². The Kier molecular flexibility index (Phi) is 5.11. The van der Waals surface area contributed by atoms with Crippen molar-refractivity contribution < 1.29 is 9.53 Å². The Labute approximate surface area is 131 Å². The van der Waals surface area contributed by atoms with Crippen molar-refractivity contribution in [1.29, 1.82) is 0 Å². The Morgan fingerprint density at radius 2 is 2.05 bits per heavy atom. The van der Waals surface area contributed by atoms with Gasteiger partial charge in [0.2, 0.25) is 0 Å². The molecule has 0 saturated carbocycles. The molecule has 2 aromatic rings. The van der Waals surface area contributed by atoms with E-state index in [-0.39, 0.29) is 5.91 Å². The van der Waals surface area contributed by atoms with Crippen molar-refractivity contribution in [2.45, 2.75) is 0 Å². The number of carbonyl (C=O) groups excluding carboxylic acids is 1. The van der Waals surface area contributed by atoms with Crippen molar-refractivity contribution in [3.05, 3.63) is 63.2 Å². The summed E-state index contributed by atoms with van der Waals surface area (Å²) < 4.78 is 6.25. The summed E-state index contributed by atoms with van der Waals surface area (Å²) in [4.78, 5) is 12.0. The van der Waals surface area contributed by atoms with Crippen molar-refractivity contribution in [3.63, 3.8) is 0 Å². The lowest BCUT2D eigenvalue weighted by Gasteiger charge is -2.05. The Bertz CT molecular complexity index is 641. The van der Waals surface area contributed by atoms with Crippen LogP contribution in [-0.2, 0) is 0 Å². The quantitative estimate of drug-likeness (QED) is 0.504. The Hall–Kier alpha value is -1.89. The number of halogens is 1. The van der Waals surface area contributed by atoms with Gasteiger partial charge in [0, 0.05) is 3.57 Å². The second kappa shape index (κ2) is 7.04. The number of hydrogen-bond donors (Lipinski definition) is 1. The highest BCUT2D eigenvalue weighted by molar-refractivity contribution is 14.1. The molecule has 0 aliphatic rings. The predicted octanol–water partition coefficient (Wildman–Crippen LogP) is 3.06. The van der Waals surface area contributed by atoms with Crippen LogP contribution < -0.4 is 10.2 Å². The van der Waals surface area contributed by atoms with E-state index in [0.29, 0.717) is 11.3 Å². The molecule has 0 unspecified atom stereocenters. The molecular formula is C15H13IN2O2. The molecule has 2 aromatic carbocycles. The Morgan fingerprint density at radius 1 is 1.25 bits per heavy atom. The zero-order valence-corrected chi connectivity index (χ0v) is 13.0.